The van der Waals surface area contributed by atoms with Gasteiger partial charge in [-0.2, -0.15) is 11.3 Å². The third-order valence-corrected chi connectivity index (χ3v) is 6.76. The van der Waals surface area contributed by atoms with E-state index in [1.807, 2.05) is 54.5 Å². The molecule has 170 valence electrons. The summed E-state index contributed by atoms with van der Waals surface area (Å²) >= 11 is 1.45. The number of anilines is 1. The lowest BCUT2D eigenvalue weighted by atomic mass is 9.83. The van der Waals surface area contributed by atoms with E-state index in [-0.39, 0.29) is 17.7 Å². The van der Waals surface area contributed by atoms with Crippen molar-refractivity contribution < 1.29 is 14.4 Å². The molecule has 1 saturated heterocycles. The zero-order valence-electron chi connectivity index (χ0n) is 18.8. The fourth-order valence-electron chi connectivity index (χ4n) is 4.02. The second kappa shape index (κ2) is 9.58. The zero-order valence-corrected chi connectivity index (χ0v) is 19.6. The summed E-state index contributed by atoms with van der Waals surface area (Å²) in [7, 11) is 0. The maximum atomic E-state index is 13.3. The number of benzene rings is 2. The van der Waals surface area contributed by atoms with Gasteiger partial charge in [-0.25, -0.2) is 0 Å². The Bertz CT molecular complexity index is 1130. The van der Waals surface area contributed by atoms with Gasteiger partial charge in [0.25, 0.3) is 11.8 Å². The van der Waals surface area contributed by atoms with Crippen LogP contribution in [0.3, 0.4) is 0 Å². The number of carbonyl (C=O) groups is 3. The molecule has 0 saturated carbocycles. The van der Waals surface area contributed by atoms with E-state index in [2.05, 4.69) is 5.32 Å². The first kappa shape index (κ1) is 22.7. The summed E-state index contributed by atoms with van der Waals surface area (Å²) in [6, 6.07) is 18.6. The summed E-state index contributed by atoms with van der Waals surface area (Å²) < 4.78 is 0. The van der Waals surface area contributed by atoms with E-state index in [4.69, 9.17) is 0 Å². The van der Waals surface area contributed by atoms with Gasteiger partial charge in [0.05, 0.1) is 22.2 Å². The number of piperazine rings is 1. The van der Waals surface area contributed by atoms with Crippen LogP contribution in [0.4, 0.5) is 5.69 Å². The molecule has 7 heteroatoms. The van der Waals surface area contributed by atoms with Gasteiger partial charge in [-0.05, 0) is 43.0 Å². The molecule has 4 rings (SSSR count). The Kier molecular flexibility index (Phi) is 6.60. The van der Waals surface area contributed by atoms with E-state index in [9.17, 15) is 14.4 Å². The molecule has 33 heavy (non-hydrogen) atoms. The molecule has 1 fully saturated rings. The van der Waals surface area contributed by atoms with Gasteiger partial charge >= 0.3 is 0 Å². The molecule has 0 spiro atoms. The predicted octanol–water partition coefficient (Wildman–Crippen LogP) is 4.26. The van der Waals surface area contributed by atoms with Crippen LogP contribution < -0.4 is 5.32 Å². The van der Waals surface area contributed by atoms with Crippen LogP contribution in [0.1, 0.15) is 40.1 Å². The lowest BCUT2D eigenvalue weighted by Crippen LogP contribution is -2.54. The molecule has 1 aliphatic rings. The van der Waals surface area contributed by atoms with Crippen molar-refractivity contribution in [2.75, 3.05) is 31.5 Å². The van der Waals surface area contributed by atoms with Gasteiger partial charge in [0.1, 0.15) is 0 Å². The van der Waals surface area contributed by atoms with Crippen LogP contribution in [0.25, 0.3) is 0 Å². The average Bonchev–Trinajstić information content (AvgIpc) is 3.39. The number of para-hydroxylation sites is 1. The molecule has 0 radical (unpaired) electrons. The smallest absolute Gasteiger partial charge is 0.256 e. The van der Waals surface area contributed by atoms with Crippen LogP contribution in [0.2, 0.25) is 0 Å². The Balaban J connectivity index is 1.42. The monoisotopic (exact) mass is 461 g/mol. The largest absolute Gasteiger partial charge is 0.338 e. The summed E-state index contributed by atoms with van der Waals surface area (Å²) in [6.07, 6.45) is 0. The molecule has 1 aliphatic heterocycles. The fraction of sp³-hybridized carbons (Fsp3) is 0.269. The maximum absolute atomic E-state index is 13.3. The van der Waals surface area contributed by atoms with Crippen molar-refractivity contribution in [1.82, 2.24) is 9.80 Å². The molecule has 2 heterocycles. The van der Waals surface area contributed by atoms with Crippen molar-refractivity contribution in [1.29, 1.82) is 0 Å². The van der Waals surface area contributed by atoms with Crippen LogP contribution in [-0.4, -0.2) is 53.7 Å². The second-order valence-corrected chi connectivity index (χ2v) is 9.37. The highest BCUT2D eigenvalue weighted by molar-refractivity contribution is 7.08. The van der Waals surface area contributed by atoms with E-state index in [1.54, 1.807) is 40.6 Å². The maximum Gasteiger partial charge on any atom is 0.256 e. The number of thiophene rings is 1. The van der Waals surface area contributed by atoms with Gasteiger partial charge in [0.2, 0.25) is 5.91 Å². The van der Waals surface area contributed by atoms with Gasteiger partial charge in [0.15, 0.2) is 0 Å². The van der Waals surface area contributed by atoms with Crippen LogP contribution in [-0.2, 0) is 10.2 Å². The fourth-order valence-corrected chi connectivity index (χ4v) is 4.66. The average molecular weight is 462 g/mol. The lowest BCUT2D eigenvalue weighted by molar-refractivity contribution is -0.137. The summed E-state index contributed by atoms with van der Waals surface area (Å²) in [5.41, 5.74) is 1.85. The first-order chi connectivity index (χ1) is 15.9. The number of carbonyl (C=O) groups excluding carboxylic acids is 3. The topological polar surface area (TPSA) is 69.7 Å². The lowest BCUT2D eigenvalue weighted by Gasteiger charge is -2.39. The quantitative estimate of drug-likeness (QED) is 0.617. The third-order valence-electron chi connectivity index (χ3n) is 6.07. The zero-order chi connectivity index (χ0) is 23.4. The Morgan fingerprint density at radius 1 is 0.848 bits per heavy atom. The minimum atomic E-state index is -0.633. The molecule has 3 amide bonds. The molecule has 1 N–H and O–H groups in total. The van der Waals surface area contributed by atoms with Crippen molar-refractivity contribution in [3.05, 3.63) is 88.1 Å². The third kappa shape index (κ3) is 4.83. The van der Waals surface area contributed by atoms with Crippen molar-refractivity contribution in [2.24, 2.45) is 0 Å². The minimum absolute atomic E-state index is 0.0595. The van der Waals surface area contributed by atoms with E-state index in [0.717, 1.165) is 5.56 Å². The molecule has 3 aromatic rings. The van der Waals surface area contributed by atoms with Crippen LogP contribution in [0.15, 0.2) is 71.4 Å². The van der Waals surface area contributed by atoms with Crippen LogP contribution in [0.5, 0.6) is 0 Å². The SMILES string of the molecule is CC(C)(C(=O)N1CCN(C(=O)c2ccccc2NC(=O)c2ccsc2)CC1)c1ccccc1. The highest BCUT2D eigenvalue weighted by Gasteiger charge is 2.36. The summed E-state index contributed by atoms with van der Waals surface area (Å²) in [4.78, 5) is 42.5. The van der Waals surface area contributed by atoms with E-state index in [1.165, 1.54) is 11.3 Å². The Hall–Kier alpha value is -3.45. The summed E-state index contributed by atoms with van der Waals surface area (Å²) in [6.45, 7) is 5.72. The standard InChI is InChI=1S/C26H27N3O3S/c1-26(2,20-8-4-3-5-9-20)25(32)29-15-13-28(14-16-29)24(31)21-10-6-7-11-22(21)27-23(30)19-12-17-33-18-19/h3-12,17-18H,13-16H2,1-2H3,(H,27,30). The number of hydrogen-bond acceptors (Lipinski definition) is 4. The Morgan fingerprint density at radius 2 is 1.48 bits per heavy atom. The van der Waals surface area contributed by atoms with Crippen molar-refractivity contribution in [2.45, 2.75) is 19.3 Å². The van der Waals surface area contributed by atoms with E-state index in [0.29, 0.717) is 43.0 Å². The van der Waals surface area contributed by atoms with Crippen LogP contribution in [0, 0.1) is 0 Å². The first-order valence-corrected chi connectivity index (χ1v) is 11.9. The number of rotatable bonds is 5. The minimum Gasteiger partial charge on any atom is -0.338 e. The van der Waals surface area contributed by atoms with E-state index >= 15 is 0 Å². The second-order valence-electron chi connectivity index (χ2n) is 8.59. The number of hydrogen-bond donors (Lipinski definition) is 1. The molecule has 0 atom stereocenters. The molecule has 0 aliphatic carbocycles. The summed E-state index contributed by atoms with van der Waals surface area (Å²) in [5, 5.41) is 6.46. The highest BCUT2D eigenvalue weighted by Crippen LogP contribution is 2.27. The van der Waals surface area contributed by atoms with Crippen molar-refractivity contribution in [3.63, 3.8) is 0 Å². The van der Waals surface area contributed by atoms with Gasteiger partial charge < -0.3 is 15.1 Å². The number of amides is 3. The van der Waals surface area contributed by atoms with Gasteiger partial charge in [-0.15, -0.1) is 0 Å². The Morgan fingerprint density at radius 3 is 2.15 bits per heavy atom. The van der Waals surface area contributed by atoms with Gasteiger partial charge in [-0.3, -0.25) is 14.4 Å². The molecule has 0 unspecified atom stereocenters. The number of nitrogens with zero attached hydrogens (tertiary/aromatic N) is 2. The van der Waals surface area contributed by atoms with E-state index < -0.39 is 5.41 Å². The first-order valence-electron chi connectivity index (χ1n) is 10.9. The van der Waals surface area contributed by atoms with Gasteiger partial charge in [-0.1, -0.05) is 42.5 Å². The normalized spacial score (nSPS) is 14.1. The Labute approximate surface area is 197 Å². The molecular weight excluding hydrogens is 434 g/mol. The van der Waals surface area contributed by atoms with Gasteiger partial charge in [0, 0.05) is 31.6 Å². The highest BCUT2D eigenvalue weighted by atomic mass is 32.1. The number of nitrogens with one attached hydrogen (secondary N) is 1. The molecule has 6 nitrogen and oxygen atoms in total. The van der Waals surface area contributed by atoms with Crippen LogP contribution >= 0.6 is 11.3 Å². The molecular formula is C26H27N3O3S. The molecule has 1 aromatic heterocycles. The molecule has 0 bridgehead atoms. The van der Waals surface area contributed by atoms with Crippen molar-refractivity contribution in [3.8, 4) is 0 Å². The summed E-state index contributed by atoms with van der Waals surface area (Å²) in [5.74, 6) is -0.329. The molecule has 2 aromatic carbocycles. The predicted molar refractivity (Wildman–Crippen MR) is 131 cm³/mol. The van der Waals surface area contributed by atoms with Crippen molar-refractivity contribution >= 4 is 34.7 Å².